The highest BCUT2D eigenvalue weighted by Gasteiger charge is 2.38. The smallest absolute Gasteiger partial charge is 0.475 e. The van der Waals surface area contributed by atoms with E-state index in [0.29, 0.717) is 17.0 Å². The van der Waals surface area contributed by atoms with Crippen molar-refractivity contribution in [3.8, 4) is 11.3 Å². The van der Waals surface area contributed by atoms with Gasteiger partial charge in [0.25, 0.3) is 0 Å². The number of fused-ring (bicyclic) bond motifs is 2. The molecule has 42 heavy (non-hydrogen) atoms. The van der Waals surface area contributed by atoms with Gasteiger partial charge in [0, 0.05) is 16.6 Å². The molecule has 1 atom stereocenters. The summed E-state index contributed by atoms with van der Waals surface area (Å²) in [5, 5.41) is 19.7. The molecule has 0 saturated carbocycles. The number of imidazole rings is 2. The van der Waals surface area contributed by atoms with Gasteiger partial charge in [-0.1, -0.05) is 12.1 Å². The first kappa shape index (κ1) is 31.7. The number of carboxylic acid groups (broad SMARTS) is 2. The zero-order valence-corrected chi connectivity index (χ0v) is 21.9. The molecule has 4 heterocycles. The number of aryl methyl sites for hydroxylation is 1. The zero-order chi connectivity index (χ0) is 31.4. The first-order valence-electron chi connectivity index (χ1n) is 11.2. The molecule has 0 amide bonds. The summed E-state index contributed by atoms with van der Waals surface area (Å²) in [6.45, 7) is 4.03. The number of H-pyrrole nitrogens is 1. The molecule has 4 aromatic heterocycles. The average molecular weight is 621 g/mol. The van der Waals surface area contributed by atoms with Crippen LogP contribution in [0.3, 0.4) is 0 Å². The number of rotatable bonds is 4. The Morgan fingerprint density at radius 3 is 2.24 bits per heavy atom. The number of aromatic amines is 1. The summed E-state index contributed by atoms with van der Waals surface area (Å²) in [6.07, 6.45) is -7.09. The van der Waals surface area contributed by atoms with Crippen molar-refractivity contribution in [2.24, 2.45) is 0 Å². The molecule has 1 aromatic carbocycles. The fourth-order valence-corrected chi connectivity index (χ4v) is 4.24. The lowest BCUT2D eigenvalue weighted by molar-refractivity contribution is -0.193. The molecule has 0 bridgehead atoms. The highest BCUT2D eigenvalue weighted by molar-refractivity contribution is 7.15. The number of halogens is 7. The molecular weight excluding hydrogens is 603 g/mol. The normalized spacial score (nSPS) is 12.2. The van der Waals surface area contributed by atoms with Crippen LogP contribution in [0.4, 0.5) is 36.6 Å². The van der Waals surface area contributed by atoms with E-state index in [4.69, 9.17) is 24.8 Å². The number of carbonyl (C=O) groups is 2. The van der Waals surface area contributed by atoms with Gasteiger partial charge in [0.05, 0.1) is 23.8 Å². The third-order valence-electron chi connectivity index (χ3n) is 5.12. The van der Waals surface area contributed by atoms with Crippen LogP contribution in [0, 0.1) is 12.7 Å². The minimum atomic E-state index is -5.08. The number of anilines is 1. The molecule has 5 aromatic rings. The Kier molecular flexibility index (Phi) is 9.34. The highest BCUT2D eigenvalue weighted by Crippen LogP contribution is 2.34. The summed E-state index contributed by atoms with van der Waals surface area (Å²) in [6, 6.07) is 6.41. The van der Waals surface area contributed by atoms with E-state index in [0.717, 1.165) is 27.6 Å². The zero-order valence-electron chi connectivity index (χ0n) is 21.1. The Labute approximate surface area is 233 Å². The summed E-state index contributed by atoms with van der Waals surface area (Å²) in [5.41, 5.74) is 4.87. The number of aliphatic carboxylic acids is 2. The Balaban J connectivity index is 0.000000289. The predicted octanol–water partition coefficient (Wildman–Crippen LogP) is 5.62. The number of hydrogen-bond donors (Lipinski definition) is 4. The second kappa shape index (κ2) is 12.4. The lowest BCUT2D eigenvalue weighted by Crippen LogP contribution is -2.21. The van der Waals surface area contributed by atoms with Gasteiger partial charge in [-0.3, -0.25) is 4.40 Å². The van der Waals surface area contributed by atoms with Gasteiger partial charge in [-0.25, -0.2) is 33.9 Å². The van der Waals surface area contributed by atoms with Crippen LogP contribution in [0.15, 0.2) is 42.3 Å². The van der Waals surface area contributed by atoms with Crippen LogP contribution in [0.2, 0.25) is 0 Å². The second-order valence-electron chi connectivity index (χ2n) is 8.14. The Bertz CT molecular complexity index is 1690. The van der Waals surface area contributed by atoms with Gasteiger partial charge >= 0.3 is 24.3 Å². The molecule has 0 aliphatic rings. The molecule has 1 unspecified atom stereocenters. The molecule has 5 rings (SSSR count). The maximum Gasteiger partial charge on any atom is 0.490 e. The summed E-state index contributed by atoms with van der Waals surface area (Å²) >= 11 is 1.56. The Hall–Kier alpha value is -4.81. The SMILES string of the molecule is Cc1csc2nc(C(C)Nc3ncnc4[nH]cnc34)c(-c3cccc(F)c3)n12.O=C(O)C(F)(F)F.O=C(O)C(F)(F)F. The lowest BCUT2D eigenvalue weighted by Gasteiger charge is -2.15. The number of thiazole rings is 1. The van der Waals surface area contributed by atoms with Crippen LogP contribution in [0.25, 0.3) is 27.4 Å². The minimum absolute atomic E-state index is 0.181. The molecule has 4 N–H and O–H groups in total. The van der Waals surface area contributed by atoms with Crippen molar-refractivity contribution >= 4 is 45.2 Å². The summed E-state index contributed by atoms with van der Waals surface area (Å²) in [7, 11) is 0. The van der Waals surface area contributed by atoms with Crippen molar-refractivity contribution in [2.75, 3.05) is 5.32 Å². The van der Waals surface area contributed by atoms with Gasteiger partial charge in [-0.2, -0.15) is 26.3 Å². The Morgan fingerprint density at radius 1 is 1.05 bits per heavy atom. The average Bonchev–Trinajstić information content (AvgIpc) is 3.60. The second-order valence-corrected chi connectivity index (χ2v) is 8.98. The van der Waals surface area contributed by atoms with Gasteiger partial charge in [-0.05, 0) is 26.0 Å². The largest absolute Gasteiger partial charge is 0.490 e. The monoisotopic (exact) mass is 621 g/mol. The van der Waals surface area contributed by atoms with Crippen LogP contribution < -0.4 is 5.32 Å². The van der Waals surface area contributed by atoms with E-state index >= 15 is 0 Å². The van der Waals surface area contributed by atoms with Crippen LogP contribution in [-0.2, 0) is 9.59 Å². The van der Waals surface area contributed by atoms with Crippen LogP contribution >= 0.6 is 11.3 Å². The molecule has 19 heteroatoms. The molecule has 0 fully saturated rings. The predicted molar refractivity (Wildman–Crippen MR) is 134 cm³/mol. The van der Waals surface area contributed by atoms with Crippen molar-refractivity contribution in [2.45, 2.75) is 32.2 Å². The third-order valence-corrected chi connectivity index (χ3v) is 6.07. The third kappa shape index (κ3) is 7.47. The van der Waals surface area contributed by atoms with Crippen LogP contribution in [-0.4, -0.2) is 63.8 Å². The number of aromatic nitrogens is 6. The van der Waals surface area contributed by atoms with E-state index in [1.165, 1.54) is 18.5 Å². The molecule has 0 aliphatic carbocycles. The fraction of sp³-hybridized carbons (Fsp3) is 0.217. The van der Waals surface area contributed by atoms with Crippen molar-refractivity contribution in [1.82, 2.24) is 29.3 Å². The van der Waals surface area contributed by atoms with Crippen molar-refractivity contribution in [1.29, 1.82) is 0 Å². The van der Waals surface area contributed by atoms with Gasteiger partial charge in [0.1, 0.15) is 17.7 Å². The number of nitrogens with zero attached hydrogens (tertiary/aromatic N) is 5. The number of carboxylic acids is 2. The topological polar surface area (TPSA) is 158 Å². The van der Waals surface area contributed by atoms with Gasteiger partial charge in [0.15, 0.2) is 16.4 Å². The fourth-order valence-electron chi connectivity index (χ4n) is 3.37. The number of benzene rings is 1. The van der Waals surface area contributed by atoms with Gasteiger partial charge < -0.3 is 20.5 Å². The molecular formula is C23H18F7N7O4S. The summed E-state index contributed by atoms with van der Waals surface area (Å²) < 4.78 is 79.5. The first-order valence-corrected chi connectivity index (χ1v) is 12.1. The maximum absolute atomic E-state index is 13.9. The molecule has 224 valence electrons. The maximum atomic E-state index is 13.9. The van der Waals surface area contributed by atoms with E-state index in [-0.39, 0.29) is 11.9 Å². The standard InChI is InChI=1S/C19H16FN7S.2C2HF3O2/c1-10-7-28-19-26-14(16(27(10)19)12-4-3-5-13(20)6-12)11(2)25-18-15-17(22-8-21-15)23-9-24-18;2*3-2(4,5)1(6)7/h3-9,11H,1-2H3,(H2,21,22,23,24,25);2*(H,6,7). The highest BCUT2D eigenvalue weighted by atomic mass is 32.1. The summed E-state index contributed by atoms with van der Waals surface area (Å²) in [5.74, 6) is -5.17. The quantitative estimate of drug-likeness (QED) is 0.187. The lowest BCUT2D eigenvalue weighted by atomic mass is 10.1. The van der Waals surface area contributed by atoms with E-state index in [2.05, 4.69) is 29.7 Å². The van der Waals surface area contributed by atoms with Gasteiger partial charge in [-0.15, -0.1) is 11.3 Å². The van der Waals surface area contributed by atoms with E-state index < -0.39 is 24.3 Å². The van der Waals surface area contributed by atoms with Crippen molar-refractivity contribution in [3.05, 3.63) is 59.5 Å². The van der Waals surface area contributed by atoms with Crippen LogP contribution in [0.5, 0.6) is 0 Å². The number of nitrogens with one attached hydrogen (secondary N) is 2. The van der Waals surface area contributed by atoms with Crippen molar-refractivity contribution in [3.63, 3.8) is 0 Å². The van der Waals surface area contributed by atoms with E-state index in [1.54, 1.807) is 23.7 Å². The van der Waals surface area contributed by atoms with Gasteiger partial charge in [0.2, 0.25) is 0 Å². The minimum Gasteiger partial charge on any atom is -0.475 e. The molecule has 0 spiro atoms. The Morgan fingerprint density at radius 2 is 1.67 bits per heavy atom. The number of hydrogen-bond acceptors (Lipinski definition) is 8. The molecule has 0 radical (unpaired) electrons. The molecule has 11 nitrogen and oxygen atoms in total. The first-order chi connectivity index (χ1) is 19.5. The van der Waals surface area contributed by atoms with E-state index in [9.17, 15) is 30.7 Å². The molecule has 0 saturated heterocycles. The number of alkyl halides is 6. The molecule has 0 aliphatic heterocycles. The van der Waals surface area contributed by atoms with Crippen LogP contribution in [0.1, 0.15) is 24.4 Å². The van der Waals surface area contributed by atoms with E-state index in [1.807, 2.05) is 25.3 Å². The van der Waals surface area contributed by atoms with Crippen molar-refractivity contribution < 1.29 is 50.5 Å². The summed E-state index contributed by atoms with van der Waals surface area (Å²) in [4.78, 5) is 39.2.